The van der Waals surface area contributed by atoms with Crippen LogP contribution in [0.15, 0.2) is 48.5 Å². The highest BCUT2D eigenvalue weighted by molar-refractivity contribution is 6.25. The third-order valence-electron chi connectivity index (χ3n) is 6.07. The number of fused-ring (bicyclic) bond motifs is 4. The van der Waals surface area contributed by atoms with E-state index in [1.165, 1.54) is 24.3 Å². The van der Waals surface area contributed by atoms with Gasteiger partial charge in [0, 0.05) is 29.4 Å². The van der Waals surface area contributed by atoms with Gasteiger partial charge < -0.3 is 5.32 Å². The first-order valence-electron chi connectivity index (χ1n) is 9.17. The van der Waals surface area contributed by atoms with Crippen LogP contribution in [0.25, 0.3) is 0 Å². The van der Waals surface area contributed by atoms with Gasteiger partial charge in [-0.15, -0.1) is 0 Å². The van der Waals surface area contributed by atoms with Gasteiger partial charge in [0.2, 0.25) is 17.7 Å². The minimum atomic E-state index is -1.34. The summed E-state index contributed by atoms with van der Waals surface area (Å²) in [5.41, 5.74) is -0.191. The van der Waals surface area contributed by atoms with Crippen LogP contribution in [-0.4, -0.2) is 28.7 Å². The van der Waals surface area contributed by atoms with E-state index >= 15 is 0 Å². The Kier molecular flexibility index (Phi) is 3.45. The number of rotatable bonds is 2. The smallest absolute Gasteiger partial charge is 0.271 e. The van der Waals surface area contributed by atoms with Crippen molar-refractivity contribution in [1.29, 1.82) is 0 Å². The van der Waals surface area contributed by atoms with Crippen LogP contribution in [0, 0.1) is 22.0 Å². The zero-order valence-electron chi connectivity index (χ0n) is 15.3. The first-order valence-corrected chi connectivity index (χ1v) is 9.17. The highest BCUT2D eigenvalue weighted by Crippen LogP contribution is 2.53. The van der Waals surface area contributed by atoms with Gasteiger partial charge in [0.05, 0.1) is 22.4 Å². The fourth-order valence-corrected chi connectivity index (χ4v) is 4.92. The quantitative estimate of drug-likeness (QED) is 0.454. The summed E-state index contributed by atoms with van der Waals surface area (Å²) >= 11 is 0. The van der Waals surface area contributed by atoms with Gasteiger partial charge in [-0.25, -0.2) is 4.90 Å². The van der Waals surface area contributed by atoms with Crippen LogP contribution < -0.4 is 15.5 Å². The molecule has 2 aromatic carbocycles. The van der Waals surface area contributed by atoms with Gasteiger partial charge in [-0.05, 0) is 19.1 Å². The maximum absolute atomic E-state index is 13.5. The van der Waals surface area contributed by atoms with E-state index in [2.05, 4.69) is 10.6 Å². The van der Waals surface area contributed by atoms with Crippen LogP contribution in [0.1, 0.15) is 12.5 Å². The molecule has 9 nitrogen and oxygen atoms in total. The van der Waals surface area contributed by atoms with Crippen molar-refractivity contribution in [3.8, 4) is 0 Å². The SMILES string of the molecule is C[C@@H]1N[C@]2(C(=O)Nc3ccccc32)[C@H]2C(=O)N(c3cccc([N+](=O)[O-])c3)C(=O)[C@H]12. The highest BCUT2D eigenvalue weighted by atomic mass is 16.6. The summed E-state index contributed by atoms with van der Waals surface area (Å²) in [5, 5.41) is 17.1. The summed E-state index contributed by atoms with van der Waals surface area (Å²) in [5.74, 6) is -3.06. The molecule has 4 atom stereocenters. The summed E-state index contributed by atoms with van der Waals surface area (Å²) in [6, 6.07) is 12.0. The molecule has 9 heteroatoms. The Morgan fingerprint density at radius 3 is 2.59 bits per heavy atom. The van der Waals surface area contributed by atoms with Crippen molar-refractivity contribution in [3.05, 3.63) is 64.2 Å². The zero-order chi connectivity index (χ0) is 20.5. The van der Waals surface area contributed by atoms with Crippen molar-refractivity contribution in [2.75, 3.05) is 10.2 Å². The van der Waals surface area contributed by atoms with E-state index in [-0.39, 0.29) is 17.3 Å². The molecule has 29 heavy (non-hydrogen) atoms. The van der Waals surface area contributed by atoms with Crippen molar-refractivity contribution in [2.24, 2.45) is 11.8 Å². The van der Waals surface area contributed by atoms with Crippen LogP contribution in [-0.2, 0) is 19.9 Å². The Morgan fingerprint density at radius 2 is 1.83 bits per heavy atom. The maximum Gasteiger partial charge on any atom is 0.271 e. The monoisotopic (exact) mass is 392 g/mol. The molecule has 3 heterocycles. The number of nitrogens with one attached hydrogen (secondary N) is 2. The van der Waals surface area contributed by atoms with E-state index in [4.69, 9.17) is 0 Å². The fourth-order valence-electron chi connectivity index (χ4n) is 4.92. The molecule has 2 N–H and O–H groups in total. The van der Waals surface area contributed by atoms with Gasteiger partial charge in [0.25, 0.3) is 5.69 Å². The molecule has 0 saturated carbocycles. The number of imide groups is 1. The lowest BCUT2D eigenvalue weighted by atomic mass is 9.76. The largest absolute Gasteiger partial charge is 0.324 e. The molecule has 3 aliphatic rings. The molecule has 0 bridgehead atoms. The molecule has 0 aromatic heterocycles. The van der Waals surface area contributed by atoms with Crippen LogP contribution in [0.4, 0.5) is 17.1 Å². The molecule has 2 fully saturated rings. The standard InChI is InChI=1S/C20H16N4O5/c1-10-15-16(20(22-10)13-7-2-3-8-14(13)21-19(20)27)18(26)23(17(15)25)11-5-4-6-12(9-11)24(28)29/h2-10,15-16,22H,1H3,(H,21,27)/t10-,15+,16+,20-/m0/s1. The van der Waals surface area contributed by atoms with Crippen molar-refractivity contribution >= 4 is 34.8 Å². The van der Waals surface area contributed by atoms with Gasteiger partial charge in [0.15, 0.2) is 0 Å². The molecule has 0 aliphatic carbocycles. The number of amides is 3. The molecular weight excluding hydrogens is 376 g/mol. The van der Waals surface area contributed by atoms with Crippen molar-refractivity contribution in [1.82, 2.24) is 5.32 Å². The van der Waals surface area contributed by atoms with Gasteiger partial charge in [-0.2, -0.15) is 0 Å². The second-order valence-electron chi connectivity index (χ2n) is 7.53. The summed E-state index contributed by atoms with van der Waals surface area (Å²) in [7, 11) is 0. The number of carbonyl (C=O) groups excluding carboxylic acids is 3. The maximum atomic E-state index is 13.5. The number of carbonyl (C=O) groups is 3. The second kappa shape index (κ2) is 5.71. The number of nitro benzene ring substituents is 1. The molecule has 3 aliphatic heterocycles. The minimum absolute atomic E-state index is 0.137. The summed E-state index contributed by atoms with van der Waals surface area (Å²) in [6.45, 7) is 1.77. The molecular formula is C20H16N4O5. The fraction of sp³-hybridized carbons (Fsp3) is 0.250. The zero-order valence-corrected chi connectivity index (χ0v) is 15.3. The van der Waals surface area contributed by atoms with Crippen LogP contribution in [0.3, 0.4) is 0 Å². The topological polar surface area (TPSA) is 122 Å². The molecule has 2 aromatic rings. The number of hydrogen-bond acceptors (Lipinski definition) is 6. The van der Waals surface area contributed by atoms with Crippen molar-refractivity contribution < 1.29 is 19.3 Å². The average molecular weight is 392 g/mol. The van der Waals surface area contributed by atoms with Gasteiger partial charge in [-0.3, -0.25) is 29.8 Å². The molecule has 1 spiro atoms. The predicted octanol–water partition coefficient (Wildman–Crippen LogP) is 1.54. The first kappa shape index (κ1) is 17.5. The van der Waals surface area contributed by atoms with E-state index < -0.39 is 40.2 Å². The Bertz CT molecular complexity index is 1120. The van der Waals surface area contributed by atoms with E-state index in [0.717, 1.165) is 4.90 Å². The number of nitro groups is 1. The van der Waals surface area contributed by atoms with Crippen LogP contribution in [0.5, 0.6) is 0 Å². The lowest BCUT2D eigenvalue weighted by Crippen LogP contribution is -2.53. The number of nitrogens with zero attached hydrogens (tertiary/aromatic N) is 2. The molecule has 2 saturated heterocycles. The Balaban J connectivity index is 1.64. The Labute approximate surface area is 164 Å². The van der Waals surface area contributed by atoms with E-state index in [1.807, 2.05) is 0 Å². The normalized spacial score (nSPS) is 29.9. The van der Waals surface area contributed by atoms with Crippen molar-refractivity contribution in [2.45, 2.75) is 18.5 Å². The van der Waals surface area contributed by atoms with Crippen LogP contribution >= 0.6 is 0 Å². The summed E-state index contributed by atoms with van der Waals surface area (Å²) in [6.07, 6.45) is 0. The molecule has 0 unspecified atom stereocenters. The molecule has 3 amide bonds. The highest BCUT2D eigenvalue weighted by Gasteiger charge is 2.69. The van der Waals surface area contributed by atoms with Gasteiger partial charge in [0.1, 0.15) is 5.54 Å². The van der Waals surface area contributed by atoms with Crippen molar-refractivity contribution in [3.63, 3.8) is 0 Å². The molecule has 146 valence electrons. The Hall–Kier alpha value is -3.59. The summed E-state index contributed by atoms with van der Waals surface area (Å²) in [4.78, 5) is 51.2. The second-order valence-corrected chi connectivity index (χ2v) is 7.53. The number of non-ortho nitro benzene ring substituents is 1. The van der Waals surface area contributed by atoms with Gasteiger partial charge in [-0.1, -0.05) is 24.3 Å². The van der Waals surface area contributed by atoms with Crippen LogP contribution in [0.2, 0.25) is 0 Å². The lowest BCUT2D eigenvalue weighted by Gasteiger charge is -2.29. The third kappa shape index (κ3) is 2.10. The van der Waals surface area contributed by atoms with E-state index in [1.54, 1.807) is 31.2 Å². The number of benzene rings is 2. The molecule has 0 radical (unpaired) electrons. The summed E-state index contributed by atoms with van der Waals surface area (Å²) < 4.78 is 0. The van der Waals surface area contributed by atoms with E-state index in [9.17, 15) is 24.5 Å². The minimum Gasteiger partial charge on any atom is -0.324 e. The van der Waals surface area contributed by atoms with Gasteiger partial charge >= 0.3 is 0 Å². The Morgan fingerprint density at radius 1 is 1.07 bits per heavy atom. The average Bonchev–Trinajstić information content (AvgIpc) is 3.26. The lowest BCUT2D eigenvalue weighted by molar-refractivity contribution is -0.384. The first-order chi connectivity index (χ1) is 13.9. The third-order valence-corrected chi connectivity index (χ3v) is 6.07. The molecule has 5 rings (SSSR count). The van der Waals surface area contributed by atoms with E-state index in [0.29, 0.717) is 11.3 Å². The number of anilines is 2. The number of hydrogen-bond donors (Lipinski definition) is 2. The number of para-hydroxylation sites is 1. The predicted molar refractivity (Wildman–Crippen MR) is 102 cm³/mol.